The number of hydrogen-bond acceptors (Lipinski definition) is 5. The van der Waals surface area contributed by atoms with E-state index in [-0.39, 0.29) is 18.2 Å². The second-order valence-corrected chi connectivity index (χ2v) is 4.30. The molecule has 0 aliphatic carbocycles. The minimum absolute atomic E-state index is 0.0814. The molecule has 0 aromatic carbocycles. The van der Waals surface area contributed by atoms with E-state index >= 15 is 0 Å². The third-order valence-corrected chi connectivity index (χ3v) is 2.83. The second-order valence-electron chi connectivity index (χ2n) is 4.30. The molecule has 0 aliphatic heterocycles. The van der Waals surface area contributed by atoms with Crippen LogP contribution in [-0.4, -0.2) is 53.6 Å². The quantitative estimate of drug-likeness (QED) is 0.330. The summed E-state index contributed by atoms with van der Waals surface area (Å²) in [6, 6.07) is 3.61. The molecule has 0 saturated carbocycles. The highest BCUT2D eigenvalue weighted by Gasteiger charge is 2.18. The summed E-state index contributed by atoms with van der Waals surface area (Å²) in [5.74, 6) is -0.108. The number of amidine groups is 1. The molecule has 0 bridgehead atoms. The third-order valence-electron chi connectivity index (χ3n) is 2.83. The van der Waals surface area contributed by atoms with Gasteiger partial charge in [0.15, 0.2) is 0 Å². The number of methoxy groups -OCH3 is 1. The fourth-order valence-electron chi connectivity index (χ4n) is 1.68. The van der Waals surface area contributed by atoms with E-state index in [1.165, 1.54) is 0 Å². The fraction of sp³-hybridized carbons (Fsp3) is 0.462. The zero-order valence-corrected chi connectivity index (χ0v) is 11.7. The highest BCUT2D eigenvalue weighted by Crippen LogP contribution is 2.08. The zero-order valence-electron chi connectivity index (χ0n) is 11.7. The van der Waals surface area contributed by atoms with Crippen LogP contribution in [-0.2, 0) is 4.74 Å². The molecule has 20 heavy (non-hydrogen) atoms. The molecule has 3 N–H and O–H groups in total. The summed E-state index contributed by atoms with van der Waals surface area (Å²) in [4.78, 5) is 18.1. The van der Waals surface area contributed by atoms with E-state index in [0.29, 0.717) is 25.4 Å². The minimum atomic E-state index is -0.189. The van der Waals surface area contributed by atoms with Crippen molar-refractivity contribution in [2.24, 2.45) is 10.9 Å². The summed E-state index contributed by atoms with van der Waals surface area (Å²) < 4.78 is 5.00. The van der Waals surface area contributed by atoms with Gasteiger partial charge in [-0.25, -0.2) is 0 Å². The number of ether oxygens (including phenoxy) is 1. The average Bonchev–Trinajstić information content (AvgIpc) is 2.47. The molecule has 0 aliphatic rings. The number of carbonyl (C=O) groups is 1. The Hall–Kier alpha value is -2.15. The lowest BCUT2D eigenvalue weighted by molar-refractivity contribution is 0.0694. The van der Waals surface area contributed by atoms with Gasteiger partial charge in [0.05, 0.1) is 6.61 Å². The predicted octanol–water partition coefficient (Wildman–Crippen LogP) is 0.615. The van der Waals surface area contributed by atoms with Crippen molar-refractivity contribution in [3.8, 4) is 0 Å². The van der Waals surface area contributed by atoms with E-state index in [4.69, 9.17) is 15.7 Å². The van der Waals surface area contributed by atoms with E-state index in [2.05, 4.69) is 10.1 Å². The van der Waals surface area contributed by atoms with E-state index in [1.807, 2.05) is 13.0 Å². The first-order chi connectivity index (χ1) is 9.60. The molecule has 7 heteroatoms. The van der Waals surface area contributed by atoms with Gasteiger partial charge in [0.25, 0.3) is 5.91 Å². The van der Waals surface area contributed by atoms with Crippen LogP contribution in [0.2, 0.25) is 0 Å². The van der Waals surface area contributed by atoms with Crippen LogP contribution in [0.4, 0.5) is 0 Å². The second kappa shape index (κ2) is 8.11. The van der Waals surface area contributed by atoms with E-state index < -0.39 is 0 Å². The maximum absolute atomic E-state index is 12.4. The van der Waals surface area contributed by atoms with Gasteiger partial charge in [0.1, 0.15) is 11.5 Å². The van der Waals surface area contributed by atoms with Crippen LogP contribution in [0.25, 0.3) is 0 Å². The Morgan fingerprint density at radius 2 is 2.30 bits per heavy atom. The summed E-state index contributed by atoms with van der Waals surface area (Å²) in [5.41, 5.74) is 6.65. The number of nitrogens with zero attached hydrogens (tertiary/aromatic N) is 3. The molecule has 0 unspecified atom stereocenters. The Balaban J connectivity index is 2.81. The van der Waals surface area contributed by atoms with Gasteiger partial charge in [0, 0.05) is 32.8 Å². The number of rotatable bonds is 7. The van der Waals surface area contributed by atoms with Crippen molar-refractivity contribution >= 4 is 11.7 Å². The summed E-state index contributed by atoms with van der Waals surface area (Å²) in [7, 11) is 1.57. The standard InChI is InChI=1S/C13H20N4O3/c1-10-4-3-6-15-12(10)13(18)17(8-9-20-2)7-5-11(14)16-19/h3-4,6,19H,5,7-9H2,1-2H3,(H2,14,16). The molecule has 0 radical (unpaired) electrons. The Morgan fingerprint density at radius 3 is 2.90 bits per heavy atom. The molecule has 0 fully saturated rings. The lowest BCUT2D eigenvalue weighted by Crippen LogP contribution is -2.37. The van der Waals surface area contributed by atoms with Crippen LogP contribution in [0.3, 0.4) is 0 Å². The predicted molar refractivity (Wildman–Crippen MR) is 74.8 cm³/mol. The highest BCUT2D eigenvalue weighted by molar-refractivity contribution is 5.94. The first-order valence-corrected chi connectivity index (χ1v) is 6.26. The lowest BCUT2D eigenvalue weighted by Gasteiger charge is -2.22. The number of oxime groups is 1. The normalized spacial score (nSPS) is 11.4. The molecule has 1 amide bonds. The summed E-state index contributed by atoms with van der Waals surface area (Å²) >= 11 is 0. The van der Waals surface area contributed by atoms with Gasteiger partial charge in [-0.2, -0.15) is 0 Å². The topological polar surface area (TPSA) is 101 Å². The van der Waals surface area contributed by atoms with Crippen molar-refractivity contribution in [3.63, 3.8) is 0 Å². The fourth-order valence-corrected chi connectivity index (χ4v) is 1.68. The van der Waals surface area contributed by atoms with Crippen LogP contribution in [0.1, 0.15) is 22.5 Å². The van der Waals surface area contributed by atoms with E-state index in [0.717, 1.165) is 5.56 Å². The summed E-state index contributed by atoms with van der Waals surface area (Å²) in [5, 5.41) is 11.4. The average molecular weight is 280 g/mol. The van der Waals surface area contributed by atoms with Gasteiger partial charge in [-0.3, -0.25) is 9.78 Å². The van der Waals surface area contributed by atoms with Gasteiger partial charge >= 0.3 is 0 Å². The Morgan fingerprint density at radius 1 is 1.55 bits per heavy atom. The Kier molecular flexibility index (Phi) is 6.45. The highest BCUT2D eigenvalue weighted by atomic mass is 16.5. The van der Waals surface area contributed by atoms with Crippen molar-refractivity contribution in [1.29, 1.82) is 0 Å². The molecule has 110 valence electrons. The maximum atomic E-state index is 12.4. The van der Waals surface area contributed by atoms with Crippen LogP contribution < -0.4 is 5.73 Å². The van der Waals surface area contributed by atoms with E-state index in [9.17, 15) is 4.79 Å². The number of pyridine rings is 1. The molecular weight excluding hydrogens is 260 g/mol. The lowest BCUT2D eigenvalue weighted by atomic mass is 10.2. The number of carbonyl (C=O) groups excluding carboxylic acids is 1. The molecule has 1 aromatic heterocycles. The molecule has 0 spiro atoms. The molecule has 0 atom stereocenters. The number of nitrogens with two attached hydrogens (primary N) is 1. The van der Waals surface area contributed by atoms with Crippen molar-refractivity contribution < 1.29 is 14.7 Å². The molecule has 1 heterocycles. The van der Waals surface area contributed by atoms with Gasteiger partial charge in [-0.05, 0) is 18.6 Å². The summed E-state index contributed by atoms with van der Waals surface area (Å²) in [6.07, 6.45) is 1.87. The monoisotopic (exact) mass is 280 g/mol. The van der Waals surface area contributed by atoms with Crippen molar-refractivity contribution in [3.05, 3.63) is 29.6 Å². The SMILES string of the molecule is COCCN(CCC(N)=NO)C(=O)c1ncccc1C. The van der Waals surface area contributed by atoms with Crippen LogP contribution >= 0.6 is 0 Å². The first kappa shape index (κ1) is 15.9. The first-order valence-electron chi connectivity index (χ1n) is 6.26. The van der Waals surface area contributed by atoms with Crippen LogP contribution in [0.5, 0.6) is 0 Å². The molecular formula is C13H20N4O3. The van der Waals surface area contributed by atoms with Gasteiger partial charge in [0.2, 0.25) is 0 Å². The van der Waals surface area contributed by atoms with Crippen molar-refractivity contribution in [2.45, 2.75) is 13.3 Å². The number of aromatic nitrogens is 1. The largest absolute Gasteiger partial charge is 0.409 e. The maximum Gasteiger partial charge on any atom is 0.272 e. The Labute approximate surface area is 118 Å². The van der Waals surface area contributed by atoms with Crippen molar-refractivity contribution in [1.82, 2.24) is 9.88 Å². The number of amides is 1. The molecule has 0 saturated heterocycles. The van der Waals surface area contributed by atoms with Gasteiger partial charge < -0.3 is 20.6 Å². The smallest absolute Gasteiger partial charge is 0.272 e. The Bertz CT molecular complexity index is 476. The van der Waals surface area contributed by atoms with Crippen molar-refractivity contribution in [2.75, 3.05) is 26.8 Å². The number of aryl methyl sites for hydroxylation is 1. The summed E-state index contributed by atoms with van der Waals surface area (Å²) in [6.45, 7) is 3.00. The minimum Gasteiger partial charge on any atom is -0.409 e. The van der Waals surface area contributed by atoms with E-state index in [1.54, 1.807) is 24.3 Å². The molecule has 1 rings (SSSR count). The molecule has 1 aromatic rings. The van der Waals surface area contributed by atoms with Crippen LogP contribution in [0, 0.1) is 6.92 Å². The third kappa shape index (κ3) is 4.51. The van der Waals surface area contributed by atoms with Gasteiger partial charge in [-0.15, -0.1) is 0 Å². The van der Waals surface area contributed by atoms with Crippen LogP contribution in [0.15, 0.2) is 23.5 Å². The van der Waals surface area contributed by atoms with Gasteiger partial charge in [-0.1, -0.05) is 11.2 Å². The number of hydrogen-bond donors (Lipinski definition) is 2. The zero-order chi connectivity index (χ0) is 15.0. The molecule has 7 nitrogen and oxygen atoms in total.